The Hall–Kier alpha value is -0.800. The van der Waals surface area contributed by atoms with Crippen molar-refractivity contribution in [3.8, 4) is 0 Å². The molecule has 0 fully saturated rings. The zero-order valence-electron chi connectivity index (χ0n) is 6.74. The predicted octanol–water partition coefficient (Wildman–Crippen LogP) is 0.871. The molecule has 0 aliphatic heterocycles. The molecule has 1 atom stereocenters. The molecule has 0 amide bonds. The maximum atomic E-state index is 10.5. The van der Waals surface area contributed by atoms with Gasteiger partial charge in [0.15, 0.2) is 0 Å². The third-order valence-corrected chi connectivity index (χ3v) is 1.35. The van der Waals surface area contributed by atoms with Crippen molar-refractivity contribution in [3.63, 3.8) is 0 Å². The van der Waals surface area contributed by atoms with E-state index in [1.165, 1.54) is 31.4 Å². The van der Waals surface area contributed by atoms with E-state index in [1.807, 2.05) is 0 Å². The van der Waals surface area contributed by atoms with Gasteiger partial charge in [-0.3, -0.25) is 0 Å². The Bertz CT molecular complexity index is 187. The van der Waals surface area contributed by atoms with Crippen molar-refractivity contribution >= 4 is 17.6 Å². The lowest BCUT2D eigenvalue weighted by atomic mass is 10.3. The van der Waals surface area contributed by atoms with E-state index in [9.17, 15) is 4.79 Å². The predicted molar refractivity (Wildman–Crippen MR) is 47.0 cm³/mol. The Morgan fingerprint density at radius 2 is 2.33 bits per heavy atom. The topological polar surface area (TPSA) is 46.5 Å². The number of aliphatic hydroxyl groups excluding tert-OH is 1. The molecule has 12 heavy (non-hydrogen) atoms. The molecule has 0 aromatic heterocycles. The van der Waals surface area contributed by atoms with Crippen LogP contribution in [0.5, 0.6) is 0 Å². The summed E-state index contributed by atoms with van der Waals surface area (Å²) in [6, 6.07) is 0. The summed E-state index contributed by atoms with van der Waals surface area (Å²) in [6.07, 6.45) is 5.06. The summed E-state index contributed by atoms with van der Waals surface area (Å²) in [5, 5.41) is 8.91. The second kappa shape index (κ2) is 6.88. The number of carbonyl (C=O) groups is 1. The number of hydrogen-bond donors (Lipinski definition) is 1. The number of halogens is 1. The number of allylic oxidation sites excluding steroid dienone is 2. The number of alkyl halides is 1. The first kappa shape index (κ1) is 11.2. The average Bonchev–Trinajstić information content (AvgIpc) is 2.11. The first-order chi connectivity index (χ1) is 5.70. The number of aliphatic hydroxyl groups is 1. The summed E-state index contributed by atoms with van der Waals surface area (Å²) in [5.74, 6) is -0.289. The second-order valence-electron chi connectivity index (χ2n) is 1.99. The molecule has 0 saturated heterocycles. The fraction of sp³-hybridized carbons (Fsp3) is 0.375. The minimum absolute atomic E-state index is 0.141. The van der Waals surface area contributed by atoms with Crippen LogP contribution in [0.1, 0.15) is 0 Å². The van der Waals surface area contributed by atoms with E-state index in [0.717, 1.165) is 0 Å². The van der Waals surface area contributed by atoms with E-state index in [4.69, 9.17) is 16.7 Å². The molecule has 68 valence electrons. The molecule has 0 aliphatic rings. The number of rotatable bonds is 4. The van der Waals surface area contributed by atoms with Crippen molar-refractivity contribution in [3.05, 3.63) is 24.3 Å². The highest BCUT2D eigenvalue weighted by atomic mass is 35.5. The fourth-order valence-corrected chi connectivity index (χ4v) is 0.549. The molecule has 0 heterocycles. The van der Waals surface area contributed by atoms with Gasteiger partial charge in [-0.15, -0.1) is 11.6 Å². The van der Waals surface area contributed by atoms with Crippen molar-refractivity contribution in [1.82, 2.24) is 0 Å². The normalized spacial score (nSPS) is 13.9. The van der Waals surface area contributed by atoms with Crippen LogP contribution in [-0.2, 0) is 9.53 Å². The van der Waals surface area contributed by atoms with Gasteiger partial charge >= 0.3 is 5.97 Å². The Kier molecular flexibility index (Phi) is 6.42. The molecule has 1 N–H and O–H groups in total. The zero-order valence-corrected chi connectivity index (χ0v) is 7.49. The standard InChI is InChI=1S/C8H11ClO3/c1-12-8(11)5-3-2-4-7(10)6-9/h2-5,7,10H,6H2,1H3/b4-2+,5-3+/t7-/m0/s1. The lowest BCUT2D eigenvalue weighted by Gasteiger charge is -1.94. The van der Waals surface area contributed by atoms with Crippen LogP contribution in [0.3, 0.4) is 0 Å². The lowest BCUT2D eigenvalue weighted by molar-refractivity contribution is -0.134. The van der Waals surface area contributed by atoms with Gasteiger partial charge < -0.3 is 9.84 Å². The third-order valence-electron chi connectivity index (χ3n) is 1.04. The van der Waals surface area contributed by atoms with E-state index in [-0.39, 0.29) is 5.88 Å². The van der Waals surface area contributed by atoms with Gasteiger partial charge in [-0.25, -0.2) is 4.79 Å². The van der Waals surface area contributed by atoms with Gasteiger partial charge in [0.1, 0.15) is 0 Å². The molecule has 0 bridgehead atoms. The first-order valence-corrected chi connectivity index (χ1v) is 3.91. The second-order valence-corrected chi connectivity index (χ2v) is 2.30. The maximum absolute atomic E-state index is 10.5. The number of methoxy groups -OCH3 is 1. The molecule has 0 aromatic rings. The summed E-state index contributed by atoms with van der Waals surface area (Å²) in [5.41, 5.74) is 0. The highest BCUT2D eigenvalue weighted by Gasteiger charge is 1.92. The third kappa shape index (κ3) is 5.95. The monoisotopic (exact) mass is 190 g/mol. The summed E-state index contributed by atoms with van der Waals surface area (Å²) in [6.45, 7) is 0. The van der Waals surface area contributed by atoms with E-state index in [1.54, 1.807) is 0 Å². The van der Waals surface area contributed by atoms with Crippen molar-refractivity contribution in [1.29, 1.82) is 0 Å². The average molecular weight is 191 g/mol. The number of hydrogen-bond acceptors (Lipinski definition) is 3. The number of ether oxygens (including phenoxy) is 1. The van der Waals surface area contributed by atoms with Gasteiger partial charge in [0.25, 0.3) is 0 Å². The molecule has 0 aromatic carbocycles. The van der Waals surface area contributed by atoms with Gasteiger partial charge in [0.2, 0.25) is 0 Å². The van der Waals surface area contributed by atoms with Gasteiger partial charge in [-0.1, -0.05) is 18.2 Å². The van der Waals surface area contributed by atoms with Crippen LogP contribution in [0.25, 0.3) is 0 Å². The Balaban J connectivity index is 3.73. The van der Waals surface area contributed by atoms with E-state index >= 15 is 0 Å². The largest absolute Gasteiger partial charge is 0.466 e. The van der Waals surface area contributed by atoms with Gasteiger partial charge in [-0.05, 0) is 0 Å². The Labute approximate surface area is 76.3 Å². The molecule has 4 heteroatoms. The molecular weight excluding hydrogens is 180 g/mol. The van der Waals surface area contributed by atoms with Crippen molar-refractivity contribution in [2.75, 3.05) is 13.0 Å². The molecule has 0 unspecified atom stereocenters. The van der Waals surface area contributed by atoms with Crippen LogP contribution < -0.4 is 0 Å². The highest BCUT2D eigenvalue weighted by Crippen LogP contribution is 1.90. The summed E-state index contributed by atoms with van der Waals surface area (Å²) in [4.78, 5) is 10.5. The summed E-state index contributed by atoms with van der Waals surface area (Å²) in [7, 11) is 1.30. The maximum Gasteiger partial charge on any atom is 0.330 e. The van der Waals surface area contributed by atoms with Crippen LogP contribution in [0, 0.1) is 0 Å². The van der Waals surface area contributed by atoms with Crippen LogP contribution in [-0.4, -0.2) is 30.2 Å². The minimum atomic E-state index is -0.672. The van der Waals surface area contributed by atoms with Crippen LogP contribution >= 0.6 is 11.6 Å². The smallest absolute Gasteiger partial charge is 0.330 e. The van der Waals surface area contributed by atoms with Crippen LogP contribution in [0.2, 0.25) is 0 Å². The first-order valence-electron chi connectivity index (χ1n) is 3.37. The molecule has 0 radical (unpaired) electrons. The summed E-state index contributed by atoms with van der Waals surface area (Å²) >= 11 is 5.30. The Morgan fingerprint density at radius 1 is 1.67 bits per heavy atom. The molecule has 0 rings (SSSR count). The number of carbonyl (C=O) groups excluding carboxylic acids is 1. The zero-order chi connectivity index (χ0) is 9.40. The van der Waals surface area contributed by atoms with Gasteiger partial charge in [-0.2, -0.15) is 0 Å². The number of esters is 1. The van der Waals surface area contributed by atoms with E-state index in [0.29, 0.717) is 0 Å². The highest BCUT2D eigenvalue weighted by molar-refractivity contribution is 6.18. The molecule has 0 aliphatic carbocycles. The van der Waals surface area contributed by atoms with Gasteiger partial charge in [0, 0.05) is 6.08 Å². The fourth-order valence-electron chi connectivity index (χ4n) is 0.446. The Morgan fingerprint density at radius 3 is 2.83 bits per heavy atom. The van der Waals surface area contributed by atoms with Crippen LogP contribution in [0.15, 0.2) is 24.3 Å². The quantitative estimate of drug-likeness (QED) is 0.310. The summed E-state index contributed by atoms with van der Waals surface area (Å²) < 4.78 is 4.34. The molecular formula is C8H11ClO3. The molecule has 0 saturated carbocycles. The van der Waals surface area contributed by atoms with Gasteiger partial charge in [0.05, 0.1) is 19.1 Å². The van der Waals surface area contributed by atoms with E-state index < -0.39 is 12.1 Å². The minimum Gasteiger partial charge on any atom is -0.466 e. The molecule has 0 spiro atoms. The van der Waals surface area contributed by atoms with Crippen LogP contribution in [0.4, 0.5) is 0 Å². The van der Waals surface area contributed by atoms with Crippen molar-refractivity contribution in [2.45, 2.75) is 6.10 Å². The van der Waals surface area contributed by atoms with Crippen molar-refractivity contribution < 1.29 is 14.6 Å². The molecule has 3 nitrogen and oxygen atoms in total. The SMILES string of the molecule is COC(=O)/C=C/C=C/[C@H](O)CCl. The van der Waals surface area contributed by atoms with E-state index in [2.05, 4.69) is 4.74 Å². The van der Waals surface area contributed by atoms with Crippen molar-refractivity contribution in [2.24, 2.45) is 0 Å². The lowest BCUT2D eigenvalue weighted by Crippen LogP contribution is -2.02.